The van der Waals surface area contributed by atoms with Crippen LogP contribution in [0.2, 0.25) is 0 Å². The summed E-state index contributed by atoms with van der Waals surface area (Å²) in [5, 5.41) is 0. The number of hydrogen-bond donors (Lipinski definition) is 0. The highest BCUT2D eigenvalue weighted by atomic mass is 15.4. The number of nitrogens with zero attached hydrogens (tertiary/aromatic N) is 5. The number of hydrogen-bond acceptors (Lipinski definition) is 3. The van der Waals surface area contributed by atoms with Crippen LogP contribution in [0.25, 0.3) is 5.78 Å². The molecule has 20 heavy (non-hydrogen) atoms. The van der Waals surface area contributed by atoms with Gasteiger partial charge in [0.25, 0.3) is 5.78 Å². The Kier molecular flexibility index (Phi) is 3.10. The molecule has 0 aliphatic rings. The minimum atomic E-state index is 0.680. The Morgan fingerprint density at radius 2 is 1.85 bits per heavy atom. The van der Waals surface area contributed by atoms with E-state index < -0.39 is 0 Å². The first-order valence-corrected chi connectivity index (χ1v) is 6.72. The maximum atomic E-state index is 4.61. The van der Waals surface area contributed by atoms with Gasteiger partial charge in [0.05, 0.1) is 5.69 Å². The largest absolute Gasteiger partial charge is 0.252 e. The molecular weight excluding hydrogens is 250 g/mol. The summed E-state index contributed by atoms with van der Waals surface area (Å²) >= 11 is 0. The smallest absolute Gasteiger partial charge is 0.245 e. The molecule has 2 heterocycles. The summed E-state index contributed by atoms with van der Waals surface area (Å²) < 4.78 is 4.04. The predicted octanol–water partition coefficient (Wildman–Crippen LogP) is 2.40. The molecule has 0 fully saturated rings. The first kappa shape index (κ1) is 12.6. The van der Waals surface area contributed by atoms with Gasteiger partial charge in [-0.05, 0) is 39.0 Å². The number of rotatable bonds is 2. The average molecular weight is 267 g/mol. The van der Waals surface area contributed by atoms with E-state index in [4.69, 9.17) is 0 Å². The van der Waals surface area contributed by atoms with Crippen molar-refractivity contribution in [3.05, 3.63) is 53.4 Å². The van der Waals surface area contributed by atoms with E-state index in [1.54, 1.807) is 0 Å². The van der Waals surface area contributed by atoms with Gasteiger partial charge in [-0.1, -0.05) is 18.2 Å². The summed E-state index contributed by atoms with van der Waals surface area (Å²) in [6.45, 7) is 6.91. The lowest BCUT2D eigenvalue weighted by Gasteiger charge is -2.06. The highest BCUT2D eigenvalue weighted by Crippen LogP contribution is 2.09. The zero-order chi connectivity index (χ0) is 14.1. The Morgan fingerprint density at radius 3 is 2.55 bits per heavy atom. The zero-order valence-electron chi connectivity index (χ0n) is 11.9. The van der Waals surface area contributed by atoms with Crippen LogP contribution in [0.4, 0.5) is 5.69 Å². The van der Waals surface area contributed by atoms with Crippen molar-refractivity contribution in [3.8, 4) is 0 Å². The van der Waals surface area contributed by atoms with Crippen LogP contribution in [0, 0.1) is 13.8 Å². The molecule has 0 atom stereocenters. The molecule has 0 aliphatic carbocycles. The van der Waals surface area contributed by atoms with Crippen molar-refractivity contribution in [3.63, 3.8) is 0 Å². The number of para-hydroxylation sites is 1. The normalized spacial score (nSPS) is 12.2. The van der Waals surface area contributed by atoms with Crippen LogP contribution in [0.5, 0.6) is 0 Å². The van der Waals surface area contributed by atoms with E-state index in [2.05, 4.69) is 28.8 Å². The van der Waals surface area contributed by atoms with Crippen molar-refractivity contribution < 1.29 is 0 Å². The second kappa shape index (κ2) is 4.92. The Morgan fingerprint density at radius 1 is 1.10 bits per heavy atom. The highest BCUT2D eigenvalue weighted by Gasteiger charge is 2.08. The SMILES string of the molecule is CCn1c(=Nc2ccccc2)nc2nc(C)cc(C)n21. The summed E-state index contributed by atoms with van der Waals surface area (Å²) in [5.41, 5.74) is 3.65. The third-order valence-corrected chi connectivity index (χ3v) is 3.17. The minimum absolute atomic E-state index is 0.680. The number of benzene rings is 1. The van der Waals surface area contributed by atoms with Gasteiger partial charge in [-0.3, -0.25) is 0 Å². The third-order valence-electron chi connectivity index (χ3n) is 3.17. The summed E-state index contributed by atoms with van der Waals surface area (Å²) in [5.74, 6) is 0.694. The van der Waals surface area contributed by atoms with E-state index in [0.717, 1.165) is 23.6 Å². The molecule has 0 N–H and O–H groups in total. The molecule has 1 aromatic carbocycles. The lowest BCUT2D eigenvalue weighted by atomic mass is 10.3. The fourth-order valence-corrected chi connectivity index (χ4v) is 2.35. The monoisotopic (exact) mass is 267 g/mol. The zero-order valence-corrected chi connectivity index (χ0v) is 11.9. The van der Waals surface area contributed by atoms with Crippen LogP contribution in [-0.2, 0) is 6.54 Å². The van der Waals surface area contributed by atoms with Crippen molar-refractivity contribution in [2.24, 2.45) is 4.99 Å². The molecule has 0 aliphatic heterocycles. The van der Waals surface area contributed by atoms with Gasteiger partial charge in [0.15, 0.2) is 0 Å². The molecule has 0 radical (unpaired) electrons. The fraction of sp³-hybridized carbons (Fsp3) is 0.267. The molecule has 3 rings (SSSR count). The lowest BCUT2D eigenvalue weighted by molar-refractivity contribution is 0.570. The molecule has 0 saturated carbocycles. The highest BCUT2D eigenvalue weighted by molar-refractivity contribution is 5.36. The molecule has 0 unspecified atom stereocenters. The number of aromatic nitrogens is 4. The molecule has 0 saturated heterocycles. The van der Waals surface area contributed by atoms with E-state index in [1.165, 1.54) is 0 Å². The van der Waals surface area contributed by atoms with Gasteiger partial charge >= 0.3 is 0 Å². The standard InChI is InChI=1S/C15H17N5/c1-4-19-14(17-13-8-6-5-7-9-13)18-15-16-11(2)10-12(3)20(15)19/h5-10H,4H2,1-3H3. The molecule has 5 heteroatoms. The van der Waals surface area contributed by atoms with Gasteiger partial charge in [-0.25, -0.2) is 19.2 Å². The van der Waals surface area contributed by atoms with E-state index >= 15 is 0 Å². The van der Waals surface area contributed by atoms with E-state index in [0.29, 0.717) is 11.4 Å². The van der Waals surface area contributed by atoms with Crippen LogP contribution >= 0.6 is 0 Å². The van der Waals surface area contributed by atoms with Crippen molar-refractivity contribution in [1.29, 1.82) is 0 Å². The van der Waals surface area contributed by atoms with E-state index in [9.17, 15) is 0 Å². The lowest BCUT2D eigenvalue weighted by Crippen LogP contribution is -2.21. The molecule has 0 bridgehead atoms. The molecule has 0 spiro atoms. The topological polar surface area (TPSA) is 47.5 Å². The van der Waals surface area contributed by atoms with Gasteiger partial charge in [-0.15, -0.1) is 0 Å². The quantitative estimate of drug-likeness (QED) is 0.716. The second-order valence-corrected chi connectivity index (χ2v) is 4.73. The second-order valence-electron chi connectivity index (χ2n) is 4.73. The van der Waals surface area contributed by atoms with Crippen LogP contribution in [0.1, 0.15) is 18.3 Å². The Balaban J connectivity index is 2.32. The maximum Gasteiger partial charge on any atom is 0.252 e. The summed E-state index contributed by atoms with van der Waals surface area (Å²) in [7, 11) is 0. The Hall–Kier alpha value is -2.43. The van der Waals surface area contributed by atoms with E-state index in [-0.39, 0.29) is 0 Å². The predicted molar refractivity (Wildman–Crippen MR) is 77.8 cm³/mol. The van der Waals surface area contributed by atoms with Crippen molar-refractivity contribution in [2.75, 3.05) is 0 Å². The summed E-state index contributed by atoms with van der Waals surface area (Å²) in [6, 6.07) is 11.9. The van der Waals surface area contributed by atoms with Crippen LogP contribution < -0.4 is 5.62 Å². The first-order valence-electron chi connectivity index (χ1n) is 6.72. The van der Waals surface area contributed by atoms with Gasteiger partial charge in [-0.2, -0.15) is 4.98 Å². The van der Waals surface area contributed by atoms with Crippen LogP contribution in [0.3, 0.4) is 0 Å². The summed E-state index contributed by atoms with van der Waals surface area (Å²) in [4.78, 5) is 13.6. The maximum absolute atomic E-state index is 4.61. The third kappa shape index (κ3) is 2.11. The molecule has 5 nitrogen and oxygen atoms in total. The molecule has 3 aromatic rings. The van der Waals surface area contributed by atoms with Crippen LogP contribution in [-0.4, -0.2) is 19.2 Å². The fourth-order valence-electron chi connectivity index (χ4n) is 2.35. The van der Waals surface area contributed by atoms with Crippen molar-refractivity contribution >= 4 is 11.5 Å². The van der Waals surface area contributed by atoms with Gasteiger partial charge in [0, 0.05) is 17.9 Å². The van der Waals surface area contributed by atoms with Crippen LogP contribution in [0.15, 0.2) is 41.4 Å². The first-order chi connectivity index (χ1) is 9.69. The van der Waals surface area contributed by atoms with E-state index in [1.807, 2.05) is 52.5 Å². The molecule has 2 aromatic heterocycles. The summed E-state index contributed by atoms with van der Waals surface area (Å²) in [6.07, 6.45) is 0. The van der Waals surface area contributed by atoms with Crippen molar-refractivity contribution in [2.45, 2.75) is 27.3 Å². The molecule has 0 amide bonds. The average Bonchev–Trinajstić information content (AvgIpc) is 2.77. The molecule has 102 valence electrons. The van der Waals surface area contributed by atoms with Gasteiger partial charge in [0.1, 0.15) is 0 Å². The Labute approximate surface area is 117 Å². The number of aryl methyl sites for hydroxylation is 3. The van der Waals surface area contributed by atoms with Crippen molar-refractivity contribution in [1.82, 2.24) is 19.2 Å². The Bertz CT molecular complexity index is 811. The minimum Gasteiger partial charge on any atom is -0.245 e. The van der Waals surface area contributed by atoms with Gasteiger partial charge in [0.2, 0.25) is 5.62 Å². The van der Waals surface area contributed by atoms with Gasteiger partial charge < -0.3 is 0 Å². The molecular formula is C15H17N5. The number of fused-ring (bicyclic) bond motifs is 1.